The molecule has 0 radical (unpaired) electrons. The largest absolute Gasteiger partial charge is 0.497 e. The number of amides is 3. The topological polar surface area (TPSA) is 139 Å². The van der Waals surface area contributed by atoms with Crippen LogP contribution in [-0.2, 0) is 14.3 Å². The second-order valence-corrected chi connectivity index (χ2v) is 11.9. The zero-order valence-corrected chi connectivity index (χ0v) is 24.7. The third-order valence-electron chi connectivity index (χ3n) is 7.10. The van der Waals surface area contributed by atoms with Crippen LogP contribution in [0.3, 0.4) is 0 Å². The van der Waals surface area contributed by atoms with E-state index in [1.165, 1.54) is 4.90 Å². The normalized spacial score (nSPS) is 20.3. The summed E-state index contributed by atoms with van der Waals surface area (Å²) in [5, 5.41) is 18.0. The molecular formula is C30H42N4O7. The number of nitrogens with one attached hydrogen (secondary N) is 2. The summed E-state index contributed by atoms with van der Waals surface area (Å²) in [5.74, 6) is 0.119. The Labute approximate surface area is 240 Å². The number of benzene rings is 1. The van der Waals surface area contributed by atoms with E-state index in [4.69, 9.17) is 14.2 Å². The highest BCUT2D eigenvalue weighted by molar-refractivity contribution is 5.89. The molecule has 3 N–H and O–H groups in total. The third-order valence-corrected chi connectivity index (χ3v) is 7.10. The second-order valence-electron chi connectivity index (χ2n) is 11.9. The Bertz CT molecular complexity index is 1270. The van der Waals surface area contributed by atoms with Crippen LogP contribution in [0.5, 0.6) is 11.6 Å². The summed E-state index contributed by atoms with van der Waals surface area (Å²) < 4.78 is 17.3. The van der Waals surface area contributed by atoms with Crippen molar-refractivity contribution in [2.45, 2.75) is 103 Å². The minimum atomic E-state index is -1.40. The van der Waals surface area contributed by atoms with E-state index in [1.54, 1.807) is 27.9 Å². The molecule has 1 saturated heterocycles. The van der Waals surface area contributed by atoms with E-state index in [0.29, 0.717) is 24.5 Å². The summed E-state index contributed by atoms with van der Waals surface area (Å²) >= 11 is 0. The standard InChI is InChI=1S/C30H42N4O7/c1-7-8-23(25(35)27(37)32-19-9-10-19)33-26(36)24-15-21(16-34(24)29(38)41-30(3,4)5)40-28-22-12-11-20(39-6)14-18(22)13-17(2)31-28/h11-14,19,21,23-25,35H,7-10,15-16H2,1-6H3,(H,32,37)(H,33,36)/t21-,23?,24+,25+/m1/s1. The van der Waals surface area contributed by atoms with Crippen LogP contribution < -0.4 is 20.1 Å². The molecule has 11 heteroatoms. The van der Waals surface area contributed by atoms with Crippen molar-refractivity contribution in [3.8, 4) is 11.6 Å². The molecule has 0 spiro atoms. The summed E-state index contributed by atoms with van der Waals surface area (Å²) in [7, 11) is 1.60. The van der Waals surface area contributed by atoms with E-state index in [2.05, 4.69) is 15.6 Å². The zero-order chi connectivity index (χ0) is 29.9. The molecule has 1 aliphatic heterocycles. The van der Waals surface area contributed by atoms with Crippen LogP contribution in [0.25, 0.3) is 10.8 Å². The Hall–Kier alpha value is -3.60. The minimum Gasteiger partial charge on any atom is -0.497 e. The van der Waals surface area contributed by atoms with Crippen LogP contribution in [-0.4, -0.2) is 82.5 Å². The zero-order valence-electron chi connectivity index (χ0n) is 24.7. The lowest BCUT2D eigenvalue weighted by molar-refractivity contribution is -0.133. The number of aliphatic hydroxyl groups is 1. The Morgan fingerprint density at radius 2 is 1.93 bits per heavy atom. The fourth-order valence-electron chi connectivity index (χ4n) is 4.96. The smallest absolute Gasteiger partial charge is 0.411 e. The van der Waals surface area contributed by atoms with Gasteiger partial charge in [-0.2, -0.15) is 0 Å². The van der Waals surface area contributed by atoms with Crippen molar-refractivity contribution in [1.29, 1.82) is 0 Å². The highest BCUT2D eigenvalue weighted by Crippen LogP contribution is 2.31. The van der Waals surface area contributed by atoms with Gasteiger partial charge in [-0.05, 0) is 76.6 Å². The average molecular weight is 571 g/mol. The molecule has 1 saturated carbocycles. The van der Waals surface area contributed by atoms with Crippen LogP contribution in [0.1, 0.15) is 65.5 Å². The van der Waals surface area contributed by atoms with E-state index in [9.17, 15) is 19.5 Å². The number of carbonyl (C=O) groups excluding carboxylic acids is 3. The average Bonchev–Trinajstić information content (AvgIpc) is 3.61. The lowest BCUT2D eigenvalue weighted by Gasteiger charge is -2.29. The van der Waals surface area contributed by atoms with Crippen molar-refractivity contribution in [3.05, 3.63) is 30.0 Å². The molecule has 2 fully saturated rings. The fourth-order valence-corrected chi connectivity index (χ4v) is 4.96. The van der Waals surface area contributed by atoms with Gasteiger partial charge in [0, 0.05) is 23.5 Å². The molecule has 1 aromatic heterocycles. The molecule has 1 aromatic carbocycles. The molecular weight excluding hydrogens is 528 g/mol. The number of ether oxygens (including phenoxy) is 3. The number of carbonyl (C=O) groups is 3. The second kappa shape index (κ2) is 12.5. The lowest BCUT2D eigenvalue weighted by Crippen LogP contribution is -2.55. The van der Waals surface area contributed by atoms with E-state index < -0.39 is 47.8 Å². The maximum atomic E-state index is 13.6. The van der Waals surface area contributed by atoms with Crippen LogP contribution in [0.15, 0.2) is 24.3 Å². The van der Waals surface area contributed by atoms with Crippen molar-refractivity contribution < 1.29 is 33.7 Å². The Morgan fingerprint density at radius 1 is 1.20 bits per heavy atom. The summed E-state index contributed by atoms with van der Waals surface area (Å²) in [6.45, 7) is 9.14. The predicted octanol–water partition coefficient (Wildman–Crippen LogP) is 3.23. The van der Waals surface area contributed by atoms with Gasteiger partial charge in [0.2, 0.25) is 11.8 Å². The first kappa shape index (κ1) is 30.4. The van der Waals surface area contributed by atoms with Gasteiger partial charge in [-0.3, -0.25) is 14.5 Å². The van der Waals surface area contributed by atoms with Gasteiger partial charge in [0.1, 0.15) is 23.5 Å². The third kappa shape index (κ3) is 7.78. The van der Waals surface area contributed by atoms with Crippen LogP contribution in [0, 0.1) is 6.92 Å². The highest BCUT2D eigenvalue weighted by atomic mass is 16.6. The van der Waals surface area contributed by atoms with Crippen molar-refractivity contribution >= 4 is 28.7 Å². The molecule has 4 atom stereocenters. The van der Waals surface area contributed by atoms with Crippen LogP contribution in [0.4, 0.5) is 4.79 Å². The van der Waals surface area contributed by atoms with Gasteiger partial charge < -0.3 is 30.0 Å². The number of likely N-dealkylation sites (tertiary alicyclic amines) is 1. The number of methoxy groups -OCH3 is 1. The van der Waals surface area contributed by atoms with Gasteiger partial charge >= 0.3 is 6.09 Å². The number of hydrogen-bond acceptors (Lipinski definition) is 8. The number of hydrogen-bond donors (Lipinski definition) is 3. The molecule has 1 unspecified atom stereocenters. The first-order chi connectivity index (χ1) is 19.4. The van der Waals surface area contributed by atoms with Crippen molar-refractivity contribution in [2.24, 2.45) is 0 Å². The summed E-state index contributed by atoms with van der Waals surface area (Å²) in [6, 6.07) is 5.87. The lowest BCUT2D eigenvalue weighted by atomic mass is 10.0. The Kier molecular flexibility index (Phi) is 9.26. The van der Waals surface area contributed by atoms with Gasteiger partial charge in [-0.1, -0.05) is 13.3 Å². The summed E-state index contributed by atoms with van der Waals surface area (Å²) in [6.07, 6.45) is 0.394. The van der Waals surface area contributed by atoms with Crippen LogP contribution >= 0.6 is 0 Å². The first-order valence-corrected chi connectivity index (χ1v) is 14.3. The predicted molar refractivity (Wildman–Crippen MR) is 153 cm³/mol. The van der Waals surface area contributed by atoms with E-state index >= 15 is 0 Å². The Balaban J connectivity index is 1.55. The number of fused-ring (bicyclic) bond motifs is 1. The molecule has 3 amide bonds. The number of pyridine rings is 1. The van der Waals surface area contributed by atoms with Crippen molar-refractivity contribution in [1.82, 2.24) is 20.5 Å². The maximum absolute atomic E-state index is 13.6. The number of nitrogens with zero attached hydrogens (tertiary/aromatic N) is 2. The molecule has 4 rings (SSSR count). The molecule has 1 aliphatic carbocycles. The molecule has 11 nitrogen and oxygen atoms in total. The van der Waals surface area contributed by atoms with Gasteiger partial charge in [0.15, 0.2) is 6.10 Å². The molecule has 41 heavy (non-hydrogen) atoms. The van der Waals surface area contributed by atoms with E-state index in [-0.39, 0.29) is 19.0 Å². The quantitative estimate of drug-likeness (QED) is 0.396. The Morgan fingerprint density at radius 3 is 2.56 bits per heavy atom. The van der Waals surface area contributed by atoms with Gasteiger partial charge in [0.05, 0.1) is 19.7 Å². The number of aliphatic hydroxyl groups excluding tert-OH is 1. The molecule has 0 bridgehead atoms. The van der Waals surface area contributed by atoms with E-state index in [0.717, 1.165) is 29.3 Å². The van der Waals surface area contributed by atoms with Gasteiger partial charge in [-0.15, -0.1) is 0 Å². The van der Waals surface area contributed by atoms with Crippen molar-refractivity contribution in [3.63, 3.8) is 0 Å². The molecule has 224 valence electrons. The summed E-state index contributed by atoms with van der Waals surface area (Å²) in [4.78, 5) is 45.3. The first-order valence-electron chi connectivity index (χ1n) is 14.3. The molecule has 2 aliphatic rings. The number of aryl methyl sites for hydroxylation is 1. The highest BCUT2D eigenvalue weighted by Gasteiger charge is 2.44. The number of rotatable bonds is 10. The van der Waals surface area contributed by atoms with Crippen molar-refractivity contribution in [2.75, 3.05) is 13.7 Å². The SMILES string of the molecule is CCCC(NC(=O)[C@@H]1C[C@@H](Oc2nc(C)cc3cc(OC)ccc23)CN1C(=O)OC(C)(C)C)[C@H](O)C(=O)NC1CC1. The fraction of sp³-hybridized carbons (Fsp3) is 0.600. The minimum absolute atomic E-state index is 0.0814. The maximum Gasteiger partial charge on any atom is 0.411 e. The monoisotopic (exact) mass is 570 g/mol. The molecule has 2 aromatic rings. The summed E-state index contributed by atoms with van der Waals surface area (Å²) in [5.41, 5.74) is -0.0235. The van der Waals surface area contributed by atoms with Crippen LogP contribution in [0.2, 0.25) is 0 Å². The number of aromatic nitrogens is 1. The molecule has 2 heterocycles. The van der Waals surface area contributed by atoms with Gasteiger partial charge in [-0.25, -0.2) is 9.78 Å². The van der Waals surface area contributed by atoms with E-state index in [1.807, 2.05) is 38.1 Å². The van der Waals surface area contributed by atoms with Gasteiger partial charge in [0.25, 0.3) is 5.91 Å².